The molecule has 3 aliphatic rings. The van der Waals surface area contributed by atoms with E-state index in [0.717, 1.165) is 23.1 Å². The molecule has 0 aromatic heterocycles. The number of nitrogens with one attached hydrogen (secondary N) is 2. The molecule has 2 saturated heterocycles. The van der Waals surface area contributed by atoms with Crippen LogP contribution < -0.4 is 15.4 Å². The Labute approximate surface area is 233 Å². The molecule has 0 saturated carbocycles. The van der Waals surface area contributed by atoms with Crippen LogP contribution in [0.2, 0.25) is 0 Å². The van der Waals surface area contributed by atoms with E-state index in [1.165, 1.54) is 0 Å². The molecule has 5 atom stereocenters. The summed E-state index contributed by atoms with van der Waals surface area (Å²) in [4.78, 5) is 41.6. The topological polar surface area (TPSA) is 132 Å². The minimum atomic E-state index is -1.48. The molecule has 2 heterocycles. The molecule has 2 aromatic carbocycles. The Morgan fingerprint density at radius 2 is 2.02 bits per heavy atom. The van der Waals surface area contributed by atoms with Crippen molar-refractivity contribution in [1.82, 2.24) is 15.5 Å². The fraction of sp³-hybridized carbons (Fsp3) is 0.419. The molecule has 40 heavy (non-hydrogen) atoms. The van der Waals surface area contributed by atoms with Crippen molar-refractivity contribution in [3.05, 3.63) is 70.8 Å². The lowest BCUT2D eigenvalue weighted by Gasteiger charge is -2.30. The molecule has 2 aliphatic heterocycles. The molecule has 1 aliphatic carbocycles. The van der Waals surface area contributed by atoms with Gasteiger partial charge in [0.15, 0.2) is 6.10 Å². The number of benzene rings is 2. The quantitative estimate of drug-likeness (QED) is 0.439. The van der Waals surface area contributed by atoms with Crippen molar-refractivity contribution in [2.75, 3.05) is 20.2 Å². The van der Waals surface area contributed by atoms with Crippen molar-refractivity contribution in [2.45, 2.75) is 56.2 Å². The maximum atomic E-state index is 13.9. The maximum absolute atomic E-state index is 13.9. The van der Waals surface area contributed by atoms with Crippen LogP contribution in [0.15, 0.2) is 54.1 Å². The number of fused-ring (bicyclic) bond motifs is 1. The molecular weight excluding hydrogens is 508 g/mol. The van der Waals surface area contributed by atoms with E-state index in [1.807, 2.05) is 60.7 Å². The third-order valence-corrected chi connectivity index (χ3v) is 8.26. The first-order valence-corrected chi connectivity index (χ1v) is 13.8. The minimum absolute atomic E-state index is 0.0525. The van der Waals surface area contributed by atoms with Gasteiger partial charge in [-0.25, -0.2) is 0 Å². The van der Waals surface area contributed by atoms with E-state index in [2.05, 4.69) is 10.6 Å². The first-order chi connectivity index (χ1) is 19.4. The second-order valence-corrected chi connectivity index (χ2v) is 10.8. The zero-order chi connectivity index (χ0) is 28.2. The summed E-state index contributed by atoms with van der Waals surface area (Å²) in [5, 5.41) is 25.5. The summed E-state index contributed by atoms with van der Waals surface area (Å²) >= 11 is 0. The Balaban J connectivity index is 1.39. The monoisotopic (exact) mass is 542 g/mol. The van der Waals surface area contributed by atoms with Crippen LogP contribution in [-0.4, -0.2) is 66.1 Å². The predicted molar refractivity (Wildman–Crippen MR) is 148 cm³/mol. The third kappa shape index (κ3) is 5.58. The van der Waals surface area contributed by atoms with Crippen LogP contribution in [0.4, 0.5) is 0 Å². The Bertz CT molecular complexity index is 1350. The number of likely N-dealkylation sites (tertiary alicyclic amines) is 1. The Hall–Kier alpha value is -4.16. The van der Waals surface area contributed by atoms with Crippen LogP contribution in [0.5, 0.6) is 5.75 Å². The molecule has 9 heteroatoms. The number of piperidine rings is 1. The lowest BCUT2D eigenvalue weighted by atomic mass is 9.89. The molecule has 0 spiro atoms. The maximum Gasteiger partial charge on any atom is 0.250 e. The summed E-state index contributed by atoms with van der Waals surface area (Å²) in [5.41, 5.74) is 3.48. The lowest BCUT2D eigenvalue weighted by molar-refractivity contribution is -0.136. The van der Waals surface area contributed by atoms with Gasteiger partial charge in [-0.3, -0.25) is 14.4 Å². The molecule has 0 radical (unpaired) electrons. The number of carbonyl (C=O) groups is 3. The summed E-state index contributed by atoms with van der Waals surface area (Å²) in [5.74, 6) is -0.559. The SMILES string of the molecule is COc1cccc2c1C=C(C(=O)N1C[C@H](c3ccccc3)C[C@H]1C(=O)N[C@@H](C[C@@H]1CCCNC1=O)C(O)C#N)C2. The second kappa shape index (κ2) is 11.9. The second-order valence-electron chi connectivity index (χ2n) is 10.8. The number of methoxy groups -OCH3 is 1. The molecule has 3 amide bonds. The third-order valence-electron chi connectivity index (χ3n) is 8.26. The Kier molecular flexibility index (Phi) is 8.17. The zero-order valence-corrected chi connectivity index (χ0v) is 22.5. The van der Waals surface area contributed by atoms with Gasteiger partial charge in [-0.15, -0.1) is 0 Å². The number of nitrogens with zero attached hydrogens (tertiary/aromatic N) is 2. The average Bonchev–Trinajstić information content (AvgIpc) is 3.63. The number of nitriles is 1. The van der Waals surface area contributed by atoms with Gasteiger partial charge in [0.25, 0.3) is 5.91 Å². The summed E-state index contributed by atoms with van der Waals surface area (Å²) in [6.07, 6.45) is 2.78. The summed E-state index contributed by atoms with van der Waals surface area (Å²) < 4.78 is 5.48. The number of carbonyl (C=O) groups excluding carboxylic acids is 3. The number of amides is 3. The van der Waals surface area contributed by atoms with Crippen molar-refractivity contribution in [1.29, 1.82) is 5.26 Å². The van der Waals surface area contributed by atoms with E-state index >= 15 is 0 Å². The number of rotatable bonds is 8. The molecule has 208 valence electrons. The van der Waals surface area contributed by atoms with Crippen molar-refractivity contribution in [2.24, 2.45) is 5.92 Å². The smallest absolute Gasteiger partial charge is 0.250 e. The molecule has 2 fully saturated rings. The van der Waals surface area contributed by atoms with E-state index in [-0.39, 0.29) is 24.2 Å². The molecule has 3 N–H and O–H groups in total. The number of ether oxygens (including phenoxy) is 1. The van der Waals surface area contributed by atoms with E-state index < -0.39 is 30.0 Å². The lowest BCUT2D eigenvalue weighted by Crippen LogP contribution is -2.53. The highest BCUT2D eigenvalue weighted by molar-refractivity contribution is 6.03. The van der Waals surface area contributed by atoms with Crippen molar-refractivity contribution < 1.29 is 24.2 Å². The van der Waals surface area contributed by atoms with Crippen molar-refractivity contribution >= 4 is 23.8 Å². The van der Waals surface area contributed by atoms with Gasteiger partial charge in [-0.1, -0.05) is 42.5 Å². The Morgan fingerprint density at radius 3 is 2.75 bits per heavy atom. The highest BCUT2D eigenvalue weighted by Gasteiger charge is 2.43. The van der Waals surface area contributed by atoms with Crippen molar-refractivity contribution in [3.63, 3.8) is 0 Å². The minimum Gasteiger partial charge on any atom is -0.496 e. The van der Waals surface area contributed by atoms with Crippen LogP contribution in [0, 0.1) is 17.2 Å². The fourth-order valence-corrected chi connectivity index (χ4v) is 6.12. The normalized spacial score (nSPS) is 23.3. The fourth-order valence-electron chi connectivity index (χ4n) is 6.12. The van der Waals surface area contributed by atoms with Gasteiger partial charge in [0.2, 0.25) is 11.8 Å². The summed E-state index contributed by atoms with van der Waals surface area (Å²) in [6.45, 7) is 0.959. The van der Waals surface area contributed by atoms with Crippen LogP contribution >= 0.6 is 0 Å². The zero-order valence-electron chi connectivity index (χ0n) is 22.5. The van der Waals surface area contributed by atoms with Gasteiger partial charge in [-0.05, 0) is 49.0 Å². The van der Waals surface area contributed by atoms with E-state index in [0.29, 0.717) is 43.7 Å². The molecule has 5 rings (SSSR count). The summed E-state index contributed by atoms with van der Waals surface area (Å²) in [7, 11) is 1.59. The van der Waals surface area contributed by atoms with E-state index in [9.17, 15) is 24.8 Å². The number of aliphatic hydroxyl groups is 1. The molecule has 1 unspecified atom stereocenters. The molecule has 9 nitrogen and oxygen atoms in total. The van der Waals surface area contributed by atoms with Gasteiger partial charge < -0.3 is 25.4 Å². The van der Waals surface area contributed by atoms with Crippen molar-refractivity contribution in [3.8, 4) is 11.8 Å². The number of hydrogen-bond donors (Lipinski definition) is 3. The first kappa shape index (κ1) is 27.4. The highest BCUT2D eigenvalue weighted by atomic mass is 16.5. The average molecular weight is 543 g/mol. The van der Waals surface area contributed by atoms with Crippen LogP contribution in [-0.2, 0) is 20.8 Å². The largest absolute Gasteiger partial charge is 0.496 e. The van der Waals surface area contributed by atoms with Gasteiger partial charge in [0.05, 0.1) is 19.2 Å². The molecule has 2 aromatic rings. The number of hydrogen-bond acceptors (Lipinski definition) is 6. The highest BCUT2D eigenvalue weighted by Crippen LogP contribution is 2.37. The Morgan fingerprint density at radius 1 is 1.23 bits per heavy atom. The van der Waals surface area contributed by atoms with Gasteiger partial charge >= 0.3 is 0 Å². The predicted octanol–water partition coefficient (Wildman–Crippen LogP) is 2.30. The van der Waals surface area contributed by atoms with Crippen LogP contribution in [0.1, 0.15) is 48.3 Å². The van der Waals surface area contributed by atoms with E-state index in [4.69, 9.17) is 4.74 Å². The molecule has 0 bridgehead atoms. The summed E-state index contributed by atoms with van der Waals surface area (Å²) in [6, 6.07) is 15.6. The number of aliphatic hydroxyl groups excluding tert-OH is 1. The standard InChI is InChI=1S/C31H34N4O5/c1-40-28-11-5-9-20-13-22(14-24(20)28)31(39)35-18-23(19-7-3-2-4-8-19)16-26(35)30(38)34-25(27(36)17-32)15-21-10-6-12-33-29(21)37/h2-5,7-9,11,14,21,23,25-27,36H,6,10,12-13,15-16,18H2,1H3,(H,33,37)(H,34,38)/t21-,23+,25-,26-,27?/m0/s1. The molecular formula is C31H34N4O5. The first-order valence-electron chi connectivity index (χ1n) is 13.8. The van der Waals surface area contributed by atoms with Crippen LogP contribution in [0.3, 0.4) is 0 Å². The van der Waals surface area contributed by atoms with E-state index in [1.54, 1.807) is 12.0 Å². The van der Waals surface area contributed by atoms with Gasteiger partial charge in [0, 0.05) is 42.5 Å². The van der Waals surface area contributed by atoms with Gasteiger partial charge in [0.1, 0.15) is 11.8 Å². The van der Waals surface area contributed by atoms with Gasteiger partial charge in [-0.2, -0.15) is 5.26 Å². The van der Waals surface area contributed by atoms with Crippen LogP contribution in [0.25, 0.3) is 6.08 Å².